The summed E-state index contributed by atoms with van der Waals surface area (Å²) >= 11 is 1.67. The molecule has 36 heavy (non-hydrogen) atoms. The maximum Gasteiger partial charge on any atom is 0.256 e. The van der Waals surface area contributed by atoms with E-state index >= 15 is 0 Å². The van der Waals surface area contributed by atoms with Crippen LogP contribution in [0.15, 0.2) is 60.0 Å². The molecule has 1 aliphatic heterocycles. The fourth-order valence-corrected chi connectivity index (χ4v) is 5.66. The highest BCUT2D eigenvalue weighted by atomic mass is 32.1. The van der Waals surface area contributed by atoms with Gasteiger partial charge in [0.15, 0.2) is 5.82 Å². The molecular formula is C27H28N6O2S. The number of H-pyrrole nitrogens is 1. The van der Waals surface area contributed by atoms with Crippen molar-refractivity contribution < 1.29 is 9.59 Å². The van der Waals surface area contributed by atoms with E-state index in [-0.39, 0.29) is 17.4 Å². The molecule has 2 amide bonds. The largest absolute Gasteiger partial charge is 0.369 e. The van der Waals surface area contributed by atoms with Crippen molar-refractivity contribution in [1.29, 1.82) is 0 Å². The number of amides is 2. The molecule has 2 aromatic carbocycles. The third kappa shape index (κ3) is 4.36. The summed E-state index contributed by atoms with van der Waals surface area (Å²) in [6.07, 6.45) is 1.89. The summed E-state index contributed by atoms with van der Waals surface area (Å²) in [6, 6.07) is 17.1. The Kier molecular flexibility index (Phi) is 5.73. The van der Waals surface area contributed by atoms with E-state index in [2.05, 4.69) is 43.7 Å². The summed E-state index contributed by atoms with van der Waals surface area (Å²) in [5.74, 6) is 0.0470. The third-order valence-electron chi connectivity index (χ3n) is 7.15. The molecule has 2 aliphatic rings. The predicted molar refractivity (Wildman–Crippen MR) is 143 cm³/mol. The summed E-state index contributed by atoms with van der Waals surface area (Å²) in [7, 11) is 2.13. The maximum absolute atomic E-state index is 13.1. The number of hydrogen-bond donors (Lipinski definition) is 3. The van der Waals surface area contributed by atoms with Crippen LogP contribution in [-0.4, -0.2) is 60.1 Å². The van der Waals surface area contributed by atoms with E-state index in [1.54, 1.807) is 23.5 Å². The zero-order valence-corrected chi connectivity index (χ0v) is 20.9. The highest BCUT2D eigenvalue weighted by molar-refractivity contribution is 7.10. The second-order valence-corrected chi connectivity index (χ2v) is 10.6. The minimum Gasteiger partial charge on any atom is -0.369 e. The number of carbonyl (C=O) groups is 2. The van der Waals surface area contributed by atoms with E-state index in [9.17, 15) is 9.59 Å². The van der Waals surface area contributed by atoms with E-state index in [1.165, 1.54) is 4.88 Å². The first-order valence-electron chi connectivity index (χ1n) is 12.2. The lowest BCUT2D eigenvalue weighted by Crippen LogP contribution is -2.44. The van der Waals surface area contributed by atoms with E-state index in [0.717, 1.165) is 50.2 Å². The van der Waals surface area contributed by atoms with Crippen molar-refractivity contribution in [2.75, 3.05) is 43.4 Å². The molecule has 0 radical (unpaired) electrons. The van der Waals surface area contributed by atoms with Gasteiger partial charge in [0.25, 0.3) is 11.8 Å². The lowest BCUT2D eigenvalue weighted by molar-refractivity contribution is 0.0931. The molecular weight excluding hydrogens is 472 g/mol. The molecule has 3 heterocycles. The number of aromatic amines is 1. The monoisotopic (exact) mass is 500 g/mol. The molecule has 9 heteroatoms. The fourth-order valence-electron chi connectivity index (χ4n) is 4.72. The van der Waals surface area contributed by atoms with Gasteiger partial charge in [-0.1, -0.05) is 6.07 Å². The lowest BCUT2D eigenvalue weighted by Gasteiger charge is -2.34. The molecule has 2 aromatic heterocycles. The Morgan fingerprint density at radius 2 is 1.72 bits per heavy atom. The number of benzene rings is 2. The number of carbonyl (C=O) groups excluding carboxylic acids is 2. The number of likely N-dealkylation sites (N-methyl/N-ethyl adjacent to an activating group) is 1. The first-order chi connectivity index (χ1) is 17.5. The number of hydrogen-bond acceptors (Lipinski definition) is 6. The molecule has 3 N–H and O–H groups in total. The first-order valence-corrected chi connectivity index (χ1v) is 13.1. The van der Waals surface area contributed by atoms with Crippen LogP contribution in [-0.2, 0) is 5.54 Å². The number of aromatic nitrogens is 2. The van der Waals surface area contributed by atoms with Crippen molar-refractivity contribution >= 4 is 45.6 Å². The van der Waals surface area contributed by atoms with Gasteiger partial charge >= 0.3 is 0 Å². The Balaban J connectivity index is 1.16. The van der Waals surface area contributed by atoms with Crippen molar-refractivity contribution in [1.82, 2.24) is 20.4 Å². The highest BCUT2D eigenvalue weighted by Gasteiger charge is 2.46. The summed E-state index contributed by atoms with van der Waals surface area (Å²) in [6.45, 7) is 4.02. The number of piperazine rings is 1. The third-order valence-corrected chi connectivity index (χ3v) is 8.22. The molecule has 4 aromatic rings. The number of thiophene rings is 1. The SMILES string of the molecule is CN1CCN(c2ccc(C(=O)Nc3n[nH]c4ccc(C(=O)NC5(c6cccs6)CC5)cc34)cc2)CC1. The van der Waals surface area contributed by atoms with Crippen LogP contribution in [0, 0.1) is 0 Å². The van der Waals surface area contributed by atoms with E-state index < -0.39 is 0 Å². The van der Waals surface area contributed by atoms with Crippen molar-refractivity contribution in [2.45, 2.75) is 18.4 Å². The maximum atomic E-state index is 13.1. The van der Waals surface area contributed by atoms with E-state index in [0.29, 0.717) is 22.3 Å². The molecule has 6 rings (SSSR count). The second-order valence-electron chi connectivity index (χ2n) is 9.64. The summed E-state index contributed by atoms with van der Waals surface area (Å²) in [5, 5.41) is 16.1. The second kappa shape index (κ2) is 9.07. The zero-order chi connectivity index (χ0) is 24.7. The molecule has 1 aliphatic carbocycles. The number of nitrogens with zero attached hydrogens (tertiary/aromatic N) is 3. The van der Waals surface area contributed by atoms with Gasteiger partial charge in [-0.2, -0.15) is 5.10 Å². The summed E-state index contributed by atoms with van der Waals surface area (Å²) < 4.78 is 0. The minimum atomic E-state index is -0.246. The average molecular weight is 501 g/mol. The Labute approximate surface area is 213 Å². The summed E-state index contributed by atoms with van der Waals surface area (Å²) in [4.78, 5) is 31.9. The van der Waals surface area contributed by atoms with E-state index in [1.807, 2.05) is 41.8 Å². The van der Waals surface area contributed by atoms with Crippen LogP contribution in [0.4, 0.5) is 11.5 Å². The number of nitrogens with one attached hydrogen (secondary N) is 3. The van der Waals surface area contributed by atoms with Crippen LogP contribution >= 0.6 is 11.3 Å². The molecule has 0 unspecified atom stereocenters. The van der Waals surface area contributed by atoms with Gasteiger partial charge in [0.1, 0.15) is 0 Å². The molecule has 2 fully saturated rings. The number of fused-ring (bicyclic) bond motifs is 1. The number of rotatable bonds is 6. The molecule has 184 valence electrons. The highest BCUT2D eigenvalue weighted by Crippen LogP contribution is 2.47. The number of anilines is 2. The van der Waals surface area contributed by atoms with Crippen molar-refractivity contribution in [2.24, 2.45) is 0 Å². The van der Waals surface area contributed by atoms with E-state index in [4.69, 9.17) is 0 Å². The van der Waals surface area contributed by atoms with Gasteiger partial charge in [0.05, 0.1) is 11.1 Å². The molecule has 0 atom stereocenters. The van der Waals surface area contributed by atoms with Crippen LogP contribution in [0.2, 0.25) is 0 Å². The Hall–Kier alpha value is -3.69. The quantitative estimate of drug-likeness (QED) is 0.372. The normalized spacial score (nSPS) is 17.2. The van der Waals surface area contributed by atoms with Gasteiger partial charge in [-0.05, 0) is 73.8 Å². The Morgan fingerprint density at radius 1 is 0.972 bits per heavy atom. The predicted octanol–water partition coefficient (Wildman–Crippen LogP) is 4.05. The summed E-state index contributed by atoms with van der Waals surface area (Å²) in [5.41, 5.74) is 2.73. The van der Waals surface area contributed by atoms with Crippen LogP contribution in [0.5, 0.6) is 0 Å². The van der Waals surface area contributed by atoms with Crippen molar-refractivity contribution in [3.05, 3.63) is 76.0 Å². The van der Waals surface area contributed by atoms with Crippen molar-refractivity contribution in [3.8, 4) is 0 Å². The fraction of sp³-hybridized carbons (Fsp3) is 0.296. The first kappa shape index (κ1) is 22.8. The smallest absolute Gasteiger partial charge is 0.256 e. The van der Waals surface area contributed by atoms with Crippen LogP contribution < -0.4 is 15.5 Å². The lowest BCUT2D eigenvalue weighted by atomic mass is 10.1. The zero-order valence-electron chi connectivity index (χ0n) is 20.1. The molecule has 0 spiro atoms. The molecule has 0 bridgehead atoms. The van der Waals surface area contributed by atoms with Crippen LogP contribution in [0.25, 0.3) is 10.9 Å². The van der Waals surface area contributed by atoms with Gasteiger partial charge in [-0.15, -0.1) is 11.3 Å². The van der Waals surface area contributed by atoms with Gasteiger partial charge in [-0.25, -0.2) is 0 Å². The Bertz CT molecular complexity index is 1400. The van der Waals surface area contributed by atoms with Gasteiger partial charge in [0, 0.05) is 53.3 Å². The van der Waals surface area contributed by atoms with Crippen molar-refractivity contribution in [3.63, 3.8) is 0 Å². The molecule has 8 nitrogen and oxygen atoms in total. The standard InChI is InChI=1S/C27H28N6O2S/c1-32-12-14-33(15-13-32)20-7-4-18(5-8-20)25(34)28-24-21-17-19(6-9-22(21)30-31-24)26(35)29-27(10-11-27)23-3-2-16-36-23/h2-9,16-17H,10-15H2,1H3,(H,29,35)(H2,28,30,31,34). The van der Waals surface area contributed by atoms with Gasteiger partial charge in [0.2, 0.25) is 0 Å². The average Bonchev–Trinajstić information content (AvgIpc) is 3.28. The van der Waals surface area contributed by atoms with Crippen LogP contribution in [0.3, 0.4) is 0 Å². The minimum absolute atomic E-state index is 0.124. The van der Waals surface area contributed by atoms with Crippen LogP contribution in [0.1, 0.15) is 38.4 Å². The topological polar surface area (TPSA) is 93.4 Å². The molecule has 1 saturated carbocycles. The van der Waals surface area contributed by atoms with Gasteiger partial charge in [-0.3, -0.25) is 14.7 Å². The Morgan fingerprint density at radius 3 is 2.42 bits per heavy atom. The molecule has 1 saturated heterocycles. The van der Waals surface area contributed by atoms with Gasteiger partial charge < -0.3 is 20.4 Å².